The first-order chi connectivity index (χ1) is 14.7. The predicted octanol–water partition coefficient (Wildman–Crippen LogP) is 6.07. The molecule has 4 aromatic rings. The van der Waals surface area contributed by atoms with Gasteiger partial charge in [-0.15, -0.1) is 11.3 Å². The summed E-state index contributed by atoms with van der Waals surface area (Å²) in [5.41, 5.74) is 1.58. The van der Waals surface area contributed by atoms with Crippen LogP contribution in [0.25, 0.3) is 21.3 Å². The van der Waals surface area contributed by atoms with E-state index in [1.165, 1.54) is 30.5 Å². The van der Waals surface area contributed by atoms with Gasteiger partial charge in [-0.1, -0.05) is 29.3 Å². The Kier molecular flexibility index (Phi) is 5.83. The number of halogens is 3. The number of fused-ring (bicyclic) bond motifs is 1. The van der Waals surface area contributed by atoms with Gasteiger partial charge in [-0.3, -0.25) is 4.79 Å². The van der Waals surface area contributed by atoms with Crippen LogP contribution in [0.15, 0.2) is 58.9 Å². The third-order valence-electron chi connectivity index (χ3n) is 4.72. The minimum atomic E-state index is -3.96. The summed E-state index contributed by atoms with van der Waals surface area (Å²) in [6.45, 7) is 0. The van der Waals surface area contributed by atoms with Crippen LogP contribution >= 0.6 is 34.5 Å². The van der Waals surface area contributed by atoms with Gasteiger partial charge in [0, 0.05) is 27.9 Å². The number of thiophene rings is 1. The number of hydrogen-bond donors (Lipinski definition) is 1. The summed E-state index contributed by atoms with van der Waals surface area (Å²) in [6.07, 6.45) is 1.46. The lowest BCUT2D eigenvalue weighted by Crippen LogP contribution is -2.10. The van der Waals surface area contributed by atoms with Crippen LogP contribution in [-0.2, 0) is 21.2 Å². The number of aryl methyl sites for hydroxylation is 1. The molecule has 0 bridgehead atoms. The van der Waals surface area contributed by atoms with E-state index in [0.29, 0.717) is 31.9 Å². The van der Waals surface area contributed by atoms with E-state index >= 15 is 0 Å². The Morgan fingerprint density at radius 2 is 1.87 bits per heavy atom. The van der Waals surface area contributed by atoms with Crippen molar-refractivity contribution >= 4 is 61.4 Å². The Morgan fingerprint density at radius 1 is 1.10 bits per heavy atom. The molecule has 0 aliphatic carbocycles. The normalized spacial score (nSPS) is 11.8. The Morgan fingerprint density at radius 3 is 2.58 bits per heavy atom. The van der Waals surface area contributed by atoms with Gasteiger partial charge < -0.3 is 5.11 Å². The lowest BCUT2D eigenvalue weighted by Gasteiger charge is -2.05. The maximum absolute atomic E-state index is 13.4. The first-order valence-corrected chi connectivity index (χ1v) is 12.0. The lowest BCUT2D eigenvalue weighted by molar-refractivity contribution is -0.136. The third-order valence-corrected chi connectivity index (χ3v) is 8.52. The van der Waals surface area contributed by atoms with E-state index in [1.54, 1.807) is 24.3 Å². The van der Waals surface area contributed by atoms with Crippen LogP contribution in [0.3, 0.4) is 0 Å². The SMILES string of the molecule is O=C(O)CCc1cn(S(=O)(=O)c2ccc(-c3ccc(F)c(Cl)c3)s2)c2ccc(Cl)cc12. The second kappa shape index (κ2) is 8.27. The number of carboxylic acids is 1. The van der Waals surface area contributed by atoms with Gasteiger partial charge in [0.25, 0.3) is 10.0 Å². The summed E-state index contributed by atoms with van der Waals surface area (Å²) in [5, 5.41) is 9.97. The Labute approximate surface area is 191 Å². The molecule has 2 aromatic heterocycles. The lowest BCUT2D eigenvalue weighted by atomic mass is 10.1. The second-order valence-corrected chi connectivity index (χ2v) is 10.7. The van der Waals surface area contributed by atoms with Gasteiger partial charge >= 0.3 is 5.97 Å². The molecule has 0 saturated carbocycles. The van der Waals surface area contributed by atoms with Gasteiger partial charge in [-0.2, -0.15) is 8.42 Å². The average molecular weight is 498 g/mol. The monoisotopic (exact) mass is 497 g/mol. The summed E-state index contributed by atoms with van der Waals surface area (Å²) in [5.74, 6) is -1.53. The van der Waals surface area contributed by atoms with Crippen molar-refractivity contribution in [2.24, 2.45) is 0 Å². The van der Waals surface area contributed by atoms with Crippen molar-refractivity contribution in [3.63, 3.8) is 0 Å². The van der Waals surface area contributed by atoms with Crippen molar-refractivity contribution < 1.29 is 22.7 Å². The van der Waals surface area contributed by atoms with Crippen LogP contribution in [-0.4, -0.2) is 23.5 Å². The van der Waals surface area contributed by atoms with Crippen molar-refractivity contribution in [2.45, 2.75) is 17.1 Å². The van der Waals surface area contributed by atoms with Crippen molar-refractivity contribution in [1.82, 2.24) is 3.97 Å². The van der Waals surface area contributed by atoms with Crippen molar-refractivity contribution in [2.75, 3.05) is 0 Å². The van der Waals surface area contributed by atoms with Gasteiger partial charge in [0.05, 0.1) is 10.5 Å². The fourth-order valence-electron chi connectivity index (χ4n) is 3.24. The summed E-state index contributed by atoms with van der Waals surface area (Å²) in [6, 6.07) is 12.1. The van der Waals surface area contributed by atoms with E-state index in [-0.39, 0.29) is 22.1 Å². The first-order valence-electron chi connectivity index (χ1n) is 8.99. The molecule has 31 heavy (non-hydrogen) atoms. The topological polar surface area (TPSA) is 76.4 Å². The van der Waals surface area contributed by atoms with E-state index in [4.69, 9.17) is 28.3 Å². The zero-order valence-electron chi connectivity index (χ0n) is 15.7. The molecular weight excluding hydrogens is 484 g/mol. The number of carbonyl (C=O) groups is 1. The number of rotatable bonds is 6. The Hall–Kier alpha value is -2.39. The maximum Gasteiger partial charge on any atom is 0.303 e. The van der Waals surface area contributed by atoms with Crippen LogP contribution in [0, 0.1) is 5.82 Å². The standard InChI is InChI=1S/C21H14Cl2FNO4S2/c22-14-3-5-18-15(10-14)13(2-7-20(26)27)11-25(18)31(28,29)21-8-6-19(30-21)12-1-4-17(24)16(23)9-12/h1,3-6,8-11H,2,7H2,(H,26,27). The smallest absolute Gasteiger partial charge is 0.303 e. The highest BCUT2D eigenvalue weighted by molar-refractivity contribution is 7.92. The fraction of sp³-hybridized carbons (Fsp3) is 0.0952. The van der Waals surface area contributed by atoms with Crippen LogP contribution in [0.2, 0.25) is 10.0 Å². The molecule has 1 N–H and O–H groups in total. The molecule has 0 atom stereocenters. The maximum atomic E-state index is 13.4. The molecule has 10 heteroatoms. The molecular formula is C21H14Cl2FNO4S2. The molecule has 2 heterocycles. The molecule has 0 radical (unpaired) electrons. The summed E-state index contributed by atoms with van der Waals surface area (Å²) < 4.78 is 41.4. The molecule has 5 nitrogen and oxygen atoms in total. The number of benzene rings is 2. The average Bonchev–Trinajstić information content (AvgIpc) is 3.34. The van der Waals surface area contributed by atoms with Gasteiger partial charge in [0.1, 0.15) is 10.0 Å². The van der Waals surface area contributed by atoms with Crippen LogP contribution < -0.4 is 0 Å². The predicted molar refractivity (Wildman–Crippen MR) is 120 cm³/mol. The largest absolute Gasteiger partial charge is 0.481 e. The molecule has 160 valence electrons. The van der Waals surface area contributed by atoms with Crippen molar-refractivity contribution in [3.8, 4) is 10.4 Å². The number of hydrogen-bond acceptors (Lipinski definition) is 4. The van der Waals surface area contributed by atoms with Crippen LogP contribution in [0.4, 0.5) is 4.39 Å². The van der Waals surface area contributed by atoms with Gasteiger partial charge in [0.2, 0.25) is 0 Å². The molecule has 0 aliphatic heterocycles. The fourth-order valence-corrected chi connectivity index (χ4v) is 6.37. The molecule has 0 aliphatic rings. The molecule has 0 amide bonds. The van der Waals surface area contributed by atoms with E-state index in [1.807, 2.05) is 0 Å². The minimum Gasteiger partial charge on any atom is -0.481 e. The molecule has 2 aromatic carbocycles. The van der Waals surface area contributed by atoms with Crippen molar-refractivity contribution in [1.29, 1.82) is 0 Å². The third kappa shape index (κ3) is 4.21. The van der Waals surface area contributed by atoms with Gasteiger partial charge in [-0.05, 0) is 60.0 Å². The quantitative estimate of drug-likeness (QED) is 0.350. The van der Waals surface area contributed by atoms with E-state index in [2.05, 4.69) is 0 Å². The number of aromatic nitrogens is 1. The van der Waals surface area contributed by atoms with E-state index in [0.717, 1.165) is 15.3 Å². The van der Waals surface area contributed by atoms with Crippen molar-refractivity contribution in [3.05, 3.63) is 76.2 Å². The van der Waals surface area contributed by atoms with Crippen LogP contribution in [0.1, 0.15) is 12.0 Å². The van der Waals surface area contributed by atoms with E-state index < -0.39 is 21.8 Å². The zero-order valence-corrected chi connectivity index (χ0v) is 18.8. The molecule has 0 unspecified atom stereocenters. The Balaban J connectivity index is 1.79. The zero-order chi connectivity index (χ0) is 22.3. The first kappa shape index (κ1) is 21.8. The Bertz CT molecular complexity index is 1430. The molecule has 4 rings (SSSR count). The highest BCUT2D eigenvalue weighted by Gasteiger charge is 2.24. The molecule has 0 fully saturated rings. The summed E-state index contributed by atoms with van der Waals surface area (Å²) >= 11 is 13.0. The number of carboxylic acid groups (broad SMARTS) is 1. The molecule has 0 saturated heterocycles. The number of nitrogens with zero attached hydrogens (tertiary/aromatic N) is 1. The molecule has 0 spiro atoms. The summed E-state index contributed by atoms with van der Waals surface area (Å²) in [7, 11) is -3.96. The minimum absolute atomic E-state index is 0.0494. The number of aliphatic carboxylic acids is 1. The highest BCUT2D eigenvalue weighted by Crippen LogP contribution is 2.35. The van der Waals surface area contributed by atoms with Gasteiger partial charge in [0.15, 0.2) is 0 Å². The van der Waals surface area contributed by atoms with Crippen LogP contribution in [0.5, 0.6) is 0 Å². The van der Waals surface area contributed by atoms with Gasteiger partial charge in [-0.25, -0.2) is 8.36 Å². The highest BCUT2D eigenvalue weighted by atomic mass is 35.5. The second-order valence-electron chi connectivity index (χ2n) is 6.76. The summed E-state index contributed by atoms with van der Waals surface area (Å²) in [4.78, 5) is 11.6. The van der Waals surface area contributed by atoms with E-state index in [9.17, 15) is 17.6 Å².